The van der Waals surface area contributed by atoms with Crippen LogP contribution in [0.15, 0.2) is 35.1 Å². The molecule has 0 saturated carbocycles. The number of nitrogens with zero attached hydrogens (tertiary/aromatic N) is 3. The lowest BCUT2D eigenvalue weighted by molar-refractivity contribution is 0.423. The van der Waals surface area contributed by atoms with E-state index in [1.165, 1.54) is 4.68 Å². The van der Waals surface area contributed by atoms with Crippen LogP contribution in [0.5, 0.6) is 0 Å². The first-order chi connectivity index (χ1) is 9.81. The smallest absolute Gasteiger partial charge is 0.271 e. The van der Waals surface area contributed by atoms with Crippen molar-refractivity contribution in [1.82, 2.24) is 14.3 Å². The minimum absolute atomic E-state index is 0.0616. The summed E-state index contributed by atoms with van der Waals surface area (Å²) in [5, 5.41) is 4.36. The third-order valence-electron chi connectivity index (χ3n) is 3.82. The SMILES string of the molecule is O=c1n(CCCF)nc2n1C(c1ccccc1)CCC2. The fourth-order valence-corrected chi connectivity index (χ4v) is 2.88. The maximum atomic E-state index is 12.4. The molecule has 1 aliphatic heterocycles. The first-order valence-corrected chi connectivity index (χ1v) is 7.10. The summed E-state index contributed by atoms with van der Waals surface area (Å²) in [7, 11) is 0. The zero-order valence-electron chi connectivity index (χ0n) is 11.3. The Labute approximate surface area is 116 Å². The zero-order chi connectivity index (χ0) is 13.9. The molecule has 1 aromatic carbocycles. The van der Waals surface area contributed by atoms with Crippen molar-refractivity contribution in [2.45, 2.75) is 38.3 Å². The van der Waals surface area contributed by atoms with Gasteiger partial charge >= 0.3 is 5.69 Å². The number of hydrogen-bond acceptors (Lipinski definition) is 2. The lowest BCUT2D eigenvalue weighted by Crippen LogP contribution is -2.31. The van der Waals surface area contributed by atoms with Crippen LogP contribution in [0.1, 0.15) is 36.7 Å². The maximum absolute atomic E-state index is 12.4. The Balaban J connectivity index is 2.00. The molecule has 1 unspecified atom stereocenters. The number of rotatable bonds is 4. The lowest BCUT2D eigenvalue weighted by Gasteiger charge is -2.23. The van der Waals surface area contributed by atoms with Crippen LogP contribution in [0.25, 0.3) is 0 Å². The molecule has 2 heterocycles. The van der Waals surface area contributed by atoms with Crippen molar-refractivity contribution in [3.63, 3.8) is 0 Å². The fraction of sp³-hybridized carbons (Fsp3) is 0.467. The molecule has 0 saturated heterocycles. The van der Waals surface area contributed by atoms with Gasteiger partial charge in [-0.3, -0.25) is 8.96 Å². The van der Waals surface area contributed by atoms with Gasteiger partial charge in [-0.25, -0.2) is 9.48 Å². The summed E-state index contributed by atoms with van der Waals surface area (Å²) in [6.45, 7) is -0.0619. The molecule has 5 heteroatoms. The normalized spacial score (nSPS) is 17.9. The van der Waals surface area contributed by atoms with E-state index in [4.69, 9.17) is 0 Å². The highest BCUT2D eigenvalue weighted by Gasteiger charge is 2.26. The Morgan fingerprint density at radius 1 is 1.30 bits per heavy atom. The van der Waals surface area contributed by atoms with E-state index in [0.29, 0.717) is 13.0 Å². The van der Waals surface area contributed by atoms with E-state index < -0.39 is 6.67 Å². The minimum atomic E-state index is -0.420. The second-order valence-electron chi connectivity index (χ2n) is 5.15. The number of benzene rings is 1. The van der Waals surface area contributed by atoms with Crippen LogP contribution in [0.4, 0.5) is 4.39 Å². The Bertz CT molecular complexity index is 632. The van der Waals surface area contributed by atoms with Crippen LogP contribution < -0.4 is 5.69 Å². The standard InChI is InChI=1S/C15H18FN3O/c16-10-5-11-18-15(20)19-13(8-4-9-14(19)17-18)12-6-2-1-3-7-12/h1-3,6-7,13H,4-5,8-11H2. The van der Waals surface area contributed by atoms with Crippen molar-refractivity contribution in [3.05, 3.63) is 52.2 Å². The van der Waals surface area contributed by atoms with Crippen LogP contribution >= 0.6 is 0 Å². The van der Waals surface area contributed by atoms with Crippen molar-refractivity contribution in [2.24, 2.45) is 0 Å². The van der Waals surface area contributed by atoms with E-state index in [1.807, 2.05) is 30.3 Å². The van der Waals surface area contributed by atoms with E-state index in [9.17, 15) is 9.18 Å². The van der Waals surface area contributed by atoms with Crippen LogP contribution in [0.3, 0.4) is 0 Å². The third kappa shape index (κ3) is 2.28. The highest BCUT2D eigenvalue weighted by atomic mass is 19.1. The number of hydrogen-bond donors (Lipinski definition) is 0. The molecule has 0 fully saturated rings. The molecule has 3 rings (SSSR count). The molecule has 0 spiro atoms. The van der Waals surface area contributed by atoms with E-state index in [-0.39, 0.29) is 11.7 Å². The molecule has 1 aliphatic rings. The Hall–Kier alpha value is -1.91. The van der Waals surface area contributed by atoms with Crippen molar-refractivity contribution in [2.75, 3.05) is 6.67 Å². The van der Waals surface area contributed by atoms with Gasteiger partial charge in [-0.2, -0.15) is 5.10 Å². The molecule has 1 aromatic heterocycles. The predicted octanol–water partition coefficient (Wildman–Crippen LogP) is 2.33. The molecule has 106 valence electrons. The summed E-state index contributed by atoms with van der Waals surface area (Å²) in [6, 6.07) is 10.1. The Morgan fingerprint density at radius 3 is 2.85 bits per heavy atom. The van der Waals surface area contributed by atoms with Crippen LogP contribution in [-0.4, -0.2) is 21.0 Å². The summed E-state index contributed by atoms with van der Waals surface area (Å²) in [5.74, 6) is 0.828. The second-order valence-corrected chi connectivity index (χ2v) is 5.15. The van der Waals surface area contributed by atoms with E-state index >= 15 is 0 Å². The van der Waals surface area contributed by atoms with Gasteiger partial charge in [0.05, 0.1) is 12.7 Å². The molecule has 0 amide bonds. The fourth-order valence-electron chi connectivity index (χ4n) is 2.88. The van der Waals surface area contributed by atoms with E-state index in [0.717, 1.165) is 30.7 Å². The summed E-state index contributed by atoms with van der Waals surface area (Å²) in [6.07, 6.45) is 3.14. The largest absolute Gasteiger partial charge is 0.346 e. The number of fused-ring (bicyclic) bond motifs is 1. The Kier molecular flexibility index (Phi) is 3.67. The van der Waals surface area contributed by atoms with Gasteiger partial charge in [0.15, 0.2) is 0 Å². The molecular formula is C15H18FN3O. The van der Waals surface area contributed by atoms with Crippen molar-refractivity contribution in [3.8, 4) is 0 Å². The van der Waals surface area contributed by atoms with Gasteiger partial charge in [-0.15, -0.1) is 0 Å². The average Bonchev–Trinajstić information content (AvgIpc) is 2.82. The molecule has 0 aliphatic carbocycles. The van der Waals surface area contributed by atoms with Gasteiger partial charge < -0.3 is 0 Å². The first kappa shape index (κ1) is 13.1. The van der Waals surface area contributed by atoms with Crippen LogP contribution in [0, 0.1) is 0 Å². The molecule has 20 heavy (non-hydrogen) atoms. The summed E-state index contributed by atoms with van der Waals surface area (Å²) in [4.78, 5) is 12.4. The summed E-state index contributed by atoms with van der Waals surface area (Å²) >= 11 is 0. The molecule has 0 N–H and O–H groups in total. The van der Waals surface area contributed by atoms with Crippen molar-refractivity contribution < 1.29 is 4.39 Å². The summed E-state index contributed by atoms with van der Waals surface area (Å²) in [5.41, 5.74) is 1.03. The topological polar surface area (TPSA) is 39.8 Å². The second kappa shape index (κ2) is 5.61. The zero-order valence-corrected chi connectivity index (χ0v) is 11.3. The minimum Gasteiger partial charge on any atom is -0.271 e. The van der Waals surface area contributed by atoms with E-state index in [1.54, 1.807) is 4.57 Å². The number of aromatic nitrogens is 3. The number of halogens is 1. The van der Waals surface area contributed by atoms with Gasteiger partial charge in [-0.05, 0) is 24.8 Å². The van der Waals surface area contributed by atoms with Gasteiger partial charge in [0, 0.05) is 13.0 Å². The first-order valence-electron chi connectivity index (χ1n) is 7.10. The van der Waals surface area contributed by atoms with Gasteiger partial charge in [0.2, 0.25) is 0 Å². The van der Waals surface area contributed by atoms with Crippen LogP contribution in [-0.2, 0) is 13.0 Å². The maximum Gasteiger partial charge on any atom is 0.346 e. The predicted molar refractivity (Wildman–Crippen MR) is 74.6 cm³/mol. The number of aryl methyl sites for hydroxylation is 2. The third-order valence-corrected chi connectivity index (χ3v) is 3.82. The quantitative estimate of drug-likeness (QED) is 0.859. The van der Waals surface area contributed by atoms with Crippen molar-refractivity contribution >= 4 is 0 Å². The highest BCUT2D eigenvalue weighted by molar-refractivity contribution is 5.21. The molecule has 0 radical (unpaired) electrons. The summed E-state index contributed by atoms with van der Waals surface area (Å²) < 4.78 is 15.5. The average molecular weight is 275 g/mol. The van der Waals surface area contributed by atoms with Gasteiger partial charge in [-0.1, -0.05) is 30.3 Å². The monoisotopic (exact) mass is 275 g/mol. The Morgan fingerprint density at radius 2 is 2.10 bits per heavy atom. The number of alkyl halides is 1. The highest BCUT2D eigenvalue weighted by Crippen LogP contribution is 2.28. The molecule has 2 aromatic rings. The van der Waals surface area contributed by atoms with Gasteiger partial charge in [0.25, 0.3) is 0 Å². The van der Waals surface area contributed by atoms with Crippen molar-refractivity contribution in [1.29, 1.82) is 0 Å². The van der Waals surface area contributed by atoms with Gasteiger partial charge in [0.1, 0.15) is 5.82 Å². The molecule has 1 atom stereocenters. The molecule has 4 nitrogen and oxygen atoms in total. The van der Waals surface area contributed by atoms with E-state index in [2.05, 4.69) is 5.10 Å². The lowest BCUT2D eigenvalue weighted by atomic mass is 9.97. The van der Waals surface area contributed by atoms with Crippen LogP contribution in [0.2, 0.25) is 0 Å². The molecular weight excluding hydrogens is 257 g/mol. The molecule has 0 bridgehead atoms.